The highest BCUT2D eigenvalue weighted by atomic mass is 19.1. The predicted molar refractivity (Wildman–Crippen MR) is 101 cm³/mol. The van der Waals surface area contributed by atoms with Crippen LogP contribution in [0.5, 0.6) is 0 Å². The lowest BCUT2D eigenvalue weighted by Crippen LogP contribution is -2.00. The molecule has 27 heavy (non-hydrogen) atoms. The molecule has 0 aliphatic rings. The summed E-state index contributed by atoms with van der Waals surface area (Å²) in [4.78, 5) is 13.6. The first-order valence-electron chi connectivity index (χ1n) is 8.31. The maximum atomic E-state index is 13.9. The molecule has 0 atom stereocenters. The monoisotopic (exact) mass is 352 g/mol. The second-order valence-corrected chi connectivity index (χ2v) is 5.88. The van der Waals surface area contributed by atoms with E-state index in [9.17, 15) is 4.39 Å². The lowest BCUT2D eigenvalue weighted by atomic mass is 10.1. The molecule has 4 rings (SSSR count). The van der Waals surface area contributed by atoms with Gasteiger partial charge in [-0.2, -0.15) is 5.26 Å². The molecule has 0 fully saturated rings. The van der Waals surface area contributed by atoms with E-state index in [1.54, 1.807) is 6.07 Å². The number of hydrogen-bond donors (Lipinski definition) is 0. The second kappa shape index (κ2) is 7.14. The Bertz CT molecular complexity index is 1080. The molecule has 4 aromatic rings. The van der Waals surface area contributed by atoms with Gasteiger partial charge in [0.05, 0.1) is 11.6 Å². The van der Waals surface area contributed by atoms with Crippen molar-refractivity contribution in [1.82, 2.24) is 15.0 Å². The first kappa shape index (κ1) is 16.6. The number of nitriles is 1. The number of hydrogen-bond acceptors (Lipinski definition) is 4. The topological polar surface area (TPSA) is 62.5 Å². The molecule has 0 saturated carbocycles. The highest BCUT2D eigenvalue weighted by Crippen LogP contribution is 2.25. The summed E-state index contributed by atoms with van der Waals surface area (Å²) in [5.41, 5.74) is 2.31. The Morgan fingerprint density at radius 1 is 0.630 bits per heavy atom. The van der Waals surface area contributed by atoms with Gasteiger partial charge in [-0.15, -0.1) is 0 Å². The fourth-order valence-electron chi connectivity index (χ4n) is 2.72. The molecule has 0 saturated heterocycles. The molecule has 0 spiro atoms. The molecule has 0 N–H and O–H groups in total. The van der Waals surface area contributed by atoms with Gasteiger partial charge in [0, 0.05) is 16.7 Å². The van der Waals surface area contributed by atoms with Crippen LogP contribution in [0.1, 0.15) is 5.56 Å². The average Bonchev–Trinajstić information content (AvgIpc) is 2.74. The van der Waals surface area contributed by atoms with Crippen molar-refractivity contribution in [3.8, 4) is 40.2 Å². The largest absolute Gasteiger partial charge is 0.208 e. The first-order valence-corrected chi connectivity index (χ1v) is 8.31. The maximum Gasteiger partial charge on any atom is 0.164 e. The molecule has 0 aliphatic carbocycles. The van der Waals surface area contributed by atoms with Crippen molar-refractivity contribution in [2.75, 3.05) is 0 Å². The Kier molecular flexibility index (Phi) is 4.38. The SMILES string of the molecule is N#Cc1cc(F)cc(-c2nc(-c3ccccc3)nc(-c3ccccc3)n2)c1. The van der Waals surface area contributed by atoms with E-state index in [1.807, 2.05) is 66.7 Å². The van der Waals surface area contributed by atoms with Crippen LogP contribution >= 0.6 is 0 Å². The van der Waals surface area contributed by atoms with Gasteiger partial charge in [0.1, 0.15) is 5.82 Å². The van der Waals surface area contributed by atoms with Crippen LogP contribution in [-0.4, -0.2) is 15.0 Å². The van der Waals surface area contributed by atoms with Crippen LogP contribution in [0.4, 0.5) is 4.39 Å². The van der Waals surface area contributed by atoms with E-state index >= 15 is 0 Å². The summed E-state index contributed by atoms with van der Waals surface area (Å²) in [5, 5.41) is 9.13. The van der Waals surface area contributed by atoms with Crippen LogP contribution < -0.4 is 0 Å². The normalized spacial score (nSPS) is 10.4. The lowest BCUT2D eigenvalue weighted by Gasteiger charge is -2.08. The van der Waals surface area contributed by atoms with E-state index < -0.39 is 5.82 Å². The van der Waals surface area contributed by atoms with Gasteiger partial charge in [-0.05, 0) is 18.2 Å². The number of halogens is 1. The summed E-state index contributed by atoms with van der Waals surface area (Å²) in [6, 6.07) is 25.1. The van der Waals surface area contributed by atoms with Crippen molar-refractivity contribution < 1.29 is 4.39 Å². The van der Waals surface area contributed by atoms with E-state index in [1.165, 1.54) is 12.1 Å². The standard InChI is InChI=1S/C22H13FN4/c23-19-12-15(14-24)11-18(13-19)22-26-20(16-7-3-1-4-8-16)25-21(27-22)17-9-5-2-6-10-17/h1-13H. The zero-order valence-electron chi connectivity index (χ0n) is 14.2. The lowest BCUT2D eigenvalue weighted by molar-refractivity contribution is 0.627. The van der Waals surface area contributed by atoms with Gasteiger partial charge in [0.2, 0.25) is 0 Å². The molecule has 0 amide bonds. The van der Waals surface area contributed by atoms with Gasteiger partial charge in [-0.3, -0.25) is 0 Å². The molecule has 4 nitrogen and oxygen atoms in total. The van der Waals surface area contributed by atoms with Crippen LogP contribution in [0.3, 0.4) is 0 Å². The van der Waals surface area contributed by atoms with Gasteiger partial charge < -0.3 is 0 Å². The smallest absolute Gasteiger partial charge is 0.164 e. The van der Waals surface area contributed by atoms with E-state index in [2.05, 4.69) is 15.0 Å². The zero-order valence-corrected chi connectivity index (χ0v) is 14.2. The van der Waals surface area contributed by atoms with Crippen molar-refractivity contribution in [2.24, 2.45) is 0 Å². The van der Waals surface area contributed by atoms with Crippen molar-refractivity contribution in [2.45, 2.75) is 0 Å². The minimum absolute atomic E-state index is 0.216. The van der Waals surface area contributed by atoms with E-state index in [0.717, 1.165) is 11.1 Å². The molecule has 1 heterocycles. The van der Waals surface area contributed by atoms with Crippen LogP contribution in [-0.2, 0) is 0 Å². The van der Waals surface area contributed by atoms with Crippen LogP contribution in [0.2, 0.25) is 0 Å². The number of nitrogens with zero attached hydrogens (tertiary/aromatic N) is 4. The molecule has 0 radical (unpaired) electrons. The predicted octanol–water partition coefficient (Wildman–Crippen LogP) is 4.88. The zero-order chi connectivity index (χ0) is 18.6. The van der Waals surface area contributed by atoms with E-state index in [4.69, 9.17) is 5.26 Å². The van der Waals surface area contributed by atoms with E-state index in [0.29, 0.717) is 23.0 Å². The third-order valence-electron chi connectivity index (χ3n) is 3.98. The molecular weight excluding hydrogens is 339 g/mol. The van der Waals surface area contributed by atoms with Crippen molar-refractivity contribution in [3.05, 3.63) is 90.2 Å². The summed E-state index contributed by atoms with van der Waals surface area (Å²) in [6.45, 7) is 0. The summed E-state index contributed by atoms with van der Waals surface area (Å²) in [6.07, 6.45) is 0. The first-order chi connectivity index (χ1) is 13.2. The summed E-state index contributed by atoms with van der Waals surface area (Å²) < 4.78 is 13.9. The summed E-state index contributed by atoms with van der Waals surface area (Å²) >= 11 is 0. The Morgan fingerprint density at radius 3 is 1.59 bits per heavy atom. The fourth-order valence-corrected chi connectivity index (χ4v) is 2.72. The van der Waals surface area contributed by atoms with Crippen molar-refractivity contribution >= 4 is 0 Å². The number of rotatable bonds is 3. The van der Waals surface area contributed by atoms with Crippen LogP contribution in [0.25, 0.3) is 34.2 Å². The minimum atomic E-state index is -0.507. The highest BCUT2D eigenvalue weighted by molar-refractivity contribution is 5.67. The quantitative estimate of drug-likeness (QED) is 0.527. The average molecular weight is 352 g/mol. The van der Waals surface area contributed by atoms with Crippen molar-refractivity contribution in [3.63, 3.8) is 0 Å². The fraction of sp³-hybridized carbons (Fsp3) is 0. The molecule has 3 aromatic carbocycles. The van der Waals surface area contributed by atoms with Gasteiger partial charge in [0.15, 0.2) is 17.5 Å². The molecule has 0 bridgehead atoms. The number of aromatic nitrogens is 3. The third-order valence-corrected chi connectivity index (χ3v) is 3.98. The van der Waals surface area contributed by atoms with E-state index in [-0.39, 0.29) is 5.56 Å². The molecular formula is C22H13FN4. The molecule has 1 aromatic heterocycles. The summed E-state index contributed by atoms with van der Waals surface area (Å²) in [5.74, 6) is 0.787. The minimum Gasteiger partial charge on any atom is -0.208 e. The van der Waals surface area contributed by atoms with Gasteiger partial charge >= 0.3 is 0 Å². The molecule has 128 valence electrons. The van der Waals surface area contributed by atoms with Crippen LogP contribution in [0, 0.1) is 17.1 Å². The number of benzene rings is 3. The Labute approximate surface area is 155 Å². The molecule has 5 heteroatoms. The van der Waals surface area contributed by atoms with Gasteiger partial charge in [-0.1, -0.05) is 60.7 Å². The maximum absolute atomic E-state index is 13.9. The Morgan fingerprint density at radius 2 is 1.11 bits per heavy atom. The van der Waals surface area contributed by atoms with Gasteiger partial charge in [-0.25, -0.2) is 19.3 Å². The van der Waals surface area contributed by atoms with Gasteiger partial charge in [0.25, 0.3) is 0 Å². The highest BCUT2D eigenvalue weighted by Gasteiger charge is 2.13. The summed E-state index contributed by atoms with van der Waals surface area (Å²) in [7, 11) is 0. The second-order valence-electron chi connectivity index (χ2n) is 5.88. The molecule has 0 aliphatic heterocycles. The Balaban J connectivity index is 1.94. The molecule has 0 unspecified atom stereocenters. The van der Waals surface area contributed by atoms with Crippen molar-refractivity contribution in [1.29, 1.82) is 5.26 Å². The third kappa shape index (κ3) is 3.55. The van der Waals surface area contributed by atoms with Crippen LogP contribution in [0.15, 0.2) is 78.9 Å². The Hall–Kier alpha value is -3.91.